The van der Waals surface area contributed by atoms with E-state index in [0.717, 1.165) is 0 Å². The number of sulfone groups is 1. The highest BCUT2D eigenvalue weighted by molar-refractivity contribution is 7.91. The van der Waals surface area contributed by atoms with Crippen molar-refractivity contribution in [2.24, 2.45) is 7.05 Å². The first-order chi connectivity index (χ1) is 17.1. The van der Waals surface area contributed by atoms with Gasteiger partial charge >= 0.3 is 0 Å². The van der Waals surface area contributed by atoms with Gasteiger partial charge in [0.1, 0.15) is 17.8 Å². The lowest BCUT2D eigenvalue weighted by Gasteiger charge is -2.20. The first kappa shape index (κ1) is 23.9. The molecule has 1 saturated heterocycles. The average molecular weight is 516 g/mol. The van der Waals surface area contributed by atoms with E-state index in [2.05, 4.69) is 25.5 Å². The Kier molecular flexibility index (Phi) is 5.74. The van der Waals surface area contributed by atoms with E-state index in [-0.39, 0.29) is 35.0 Å². The number of hydrogen-bond acceptors (Lipinski definition) is 7. The molecule has 0 aliphatic carbocycles. The molecule has 1 aliphatic rings. The molecular formula is C23H23F2N7O3S. The minimum atomic E-state index is -3.91. The summed E-state index contributed by atoms with van der Waals surface area (Å²) in [5.74, 6) is -2.98. The number of carbonyl (C=O) groups is 1. The van der Waals surface area contributed by atoms with E-state index in [0.29, 0.717) is 28.0 Å². The summed E-state index contributed by atoms with van der Waals surface area (Å²) in [7, 11) is -2.31. The van der Waals surface area contributed by atoms with Crippen LogP contribution in [0.3, 0.4) is 0 Å². The molecule has 188 valence electrons. The van der Waals surface area contributed by atoms with E-state index in [1.165, 1.54) is 46.4 Å². The molecule has 4 aromatic rings. The van der Waals surface area contributed by atoms with Crippen molar-refractivity contribution < 1.29 is 22.0 Å². The maximum atomic E-state index is 13.7. The molecule has 4 heterocycles. The van der Waals surface area contributed by atoms with Gasteiger partial charge in [-0.25, -0.2) is 27.2 Å². The molecule has 10 nitrogen and oxygen atoms in total. The fraction of sp³-hybridized carbons (Fsp3) is 0.304. The molecule has 0 radical (unpaired) electrons. The number of carbonyl (C=O) groups excluding carboxylic acids is 1. The third kappa shape index (κ3) is 4.19. The molecule has 1 fully saturated rings. The second-order valence-corrected chi connectivity index (χ2v) is 10.7. The molecule has 0 spiro atoms. The number of benzene rings is 1. The van der Waals surface area contributed by atoms with Crippen LogP contribution < -0.4 is 10.2 Å². The minimum absolute atomic E-state index is 0.0133. The van der Waals surface area contributed by atoms with Crippen molar-refractivity contribution in [3.63, 3.8) is 0 Å². The number of H-pyrrole nitrogens is 1. The van der Waals surface area contributed by atoms with Crippen LogP contribution in [0.15, 0.2) is 52.8 Å². The zero-order valence-electron chi connectivity index (χ0n) is 19.5. The first-order valence-corrected chi connectivity index (χ1v) is 12.6. The summed E-state index contributed by atoms with van der Waals surface area (Å²) < 4.78 is 55.6. The smallest absolute Gasteiger partial charge is 0.268 e. The van der Waals surface area contributed by atoms with Crippen LogP contribution in [0.4, 0.5) is 14.6 Å². The number of fused-ring (bicyclic) bond motifs is 1. The van der Waals surface area contributed by atoms with Gasteiger partial charge in [-0.05, 0) is 31.2 Å². The Labute approximate surface area is 205 Å². The summed E-state index contributed by atoms with van der Waals surface area (Å²) in [5.41, 5.74) is 1.73. The number of rotatable bonds is 6. The van der Waals surface area contributed by atoms with Crippen LogP contribution in [-0.4, -0.2) is 58.1 Å². The largest absolute Gasteiger partial charge is 0.350 e. The number of alkyl halides is 2. The molecule has 2 N–H and O–H groups in total. The van der Waals surface area contributed by atoms with Gasteiger partial charge in [-0.2, -0.15) is 5.10 Å². The Balaban J connectivity index is 1.38. The highest BCUT2D eigenvalue weighted by Gasteiger charge is 2.39. The van der Waals surface area contributed by atoms with Crippen LogP contribution in [0, 0.1) is 6.92 Å². The van der Waals surface area contributed by atoms with E-state index in [1.54, 1.807) is 20.0 Å². The van der Waals surface area contributed by atoms with Crippen molar-refractivity contribution in [2.75, 3.05) is 18.0 Å². The maximum Gasteiger partial charge on any atom is 0.268 e. The number of nitrogens with one attached hydrogen (secondary N) is 2. The fourth-order valence-electron chi connectivity index (χ4n) is 4.32. The van der Waals surface area contributed by atoms with Gasteiger partial charge in [0.25, 0.3) is 11.8 Å². The van der Waals surface area contributed by atoms with Gasteiger partial charge in [0.2, 0.25) is 9.84 Å². The zero-order valence-corrected chi connectivity index (χ0v) is 20.3. The fourth-order valence-corrected chi connectivity index (χ4v) is 5.90. The molecule has 0 atom stereocenters. The number of halogens is 2. The predicted molar refractivity (Wildman–Crippen MR) is 127 cm³/mol. The summed E-state index contributed by atoms with van der Waals surface area (Å²) >= 11 is 0. The van der Waals surface area contributed by atoms with E-state index >= 15 is 0 Å². The van der Waals surface area contributed by atoms with Crippen LogP contribution >= 0.6 is 0 Å². The number of aromatic amines is 1. The monoisotopic (exact) mass is 515 g/mol. The molecule has 5 rings (SSSR count). The molecule has 1 amide bonds. The van der Waals surface area contributed by atoms with Gasteiger partial charge in [-0.3, -0.25) is 9.89 Å². The number of amides is 1. The number of aromatic nitrogens is 5. The van der Waals surface area contributed by atoms with Gasteiger partial charge in [0.05, 0.1) is 28.0 Å². The third-order valence-corrected chi connectivity index (χ3v) is 8.27. The topological polar surface area (TPSA) is 126 Å². The molecule has 1 aliphatic heterocycles. The second-order valence-electron chi connectivity index (χ2n) is 8.74. The normalized spacial score (nSPS) is 15.5. The van der Waals surface area contributed by atoms with Crippen LogP contribution in [-0.2, 0) is 23.4 Å². The van der Waals surface area contributed by atoms with Gasteiger partial charge in [-0.15, -0.1) is 0 Å². The molecule has 1 aromatic carbocycles. The van der Waals surface area contributed by atoms with Crippen LogP contribution in [0.25, 0.3) is 10.9 Å². The van der Waals surface area contributed by atoms with Crippen molar-refractivity contribution in [1.29, 1.82) is 0 Å². The number of hydrogen-bond donors (Lipinski definition) is 2. The van der Waals surface area contributed by atoms with Crippen molar-refractivity contribution in [1.82, 2.24) is 30.0 Å². The van der Waals surface area contributed by atoms with Crippen molar-refractivity contribution in [3.05, 3.63) is 59.9 Å². The molecular weight excluding hydrogens is 492 g/mol. The summed E-state index contributed by atoms with van der Waals surface area (Å²) in [6.07, 6.45) is 4.01. The van der Waals surface area contributed by atoms with E-state index in [1.807, 2.05) is 0 Å². The quantitative estimate of drug-likeness (QED) is 0.404. The molecule has 0 unspecified atom stereocenters. The Morgan fingerprint density at radius 1 is 1.25 bits per heavy atom. The Morgan fingerprint density at radius 3 is 2.81 bits per heavy atom. The second kappa shape index (κ2) is 8.66. The summed E-state index contributed by atoms with van der Waals surface area (Å²) in [6.45, 7) is 1.30. The number of nitrogens with zero attached hydrogens (tertiary/aromatic N) is 5. The van der Waals surface area contributed by atoms with Crippen molar-refractivity contribution in [3.8, 4) is 0 Å². The highest BCUT2D eigenvalue weighted by Crippen LogP contribution is 2.31. The lowest BCUT2D eigenvalue weighted by atomic mass is 10.2. The first-order valence-electron chi connectivity index (χ1n) is 11.1. The van der Waals surface area contributed by atoms with Gasteiger partial charge < -0.3 is 14.8 Å². The van der Waals surface area contributed by atoms with Crippen LogP contribution in [0.2, 0.25) is 0 Å². The molecule has 0 saturated carbocycles. The number of anilines is 1. The maximum absolute atomic E-state index is 13.7. The summed E-state index contributed by atoms with van der Waals surface area (Å²) in [4.78, 5) is 22.7. The minimum Gasteiger partial charge on any atom is -0.350 e. The van der Waals surface area contributed by atoms with Crippen LogP contribution in [0.1, 0.15) is 28.2 Å². The lowest BCUT2D eigenvalue weighted by Crippen LogP contribution is -2.29. The van der Waals surface area contributed by atoms with Gasteiger partial charge in [0.15, 0.2) is 0 Å². The average Bonchev–Trinajstić information content (AvgIpc) is 3.55. The summed E-state index contributed by atoms with van der Waals surface area (Å²) in [6, 6.07) is 5.99. The van der Waals surface area contributed by atoms with Crippen LogP contribution in [0.5, 0.6) is 0 Å². The van der Waals surface area contributed by atoms with E-state index in [9.17, 15) is 22.0 Å². The van der Waals surface area contributed by atoms with Crippen molar-refractivity contribution in [2.45, 2.75) is 35.6 Å². The van der Waals surface area contributed by atoms with E-state index in [4.69, 9.17) is 0 Å². The van der Waals surface area contributed by atoms with Gasteiger partial charge in [0, 0.05) is 49.4 Å². The Morgan fingerprint density at radius 2 is 2.06 bits per heavy atom. The molecule has 36 heavy (non-hydrogen) atoms. The molecule has 0 bridgehead atoms. The highest BCUT2D eigenvalue weighted by atomic mass is 32.2. The lowest BCUT2D eigenvalue weighted by molar-refractivity contribution is 0.0256. The standard InChI is InChI=1S/C23H23F2N7O3S/c1-14-20(36(34,35)17-3-4-18-15(7-17)11-29-30-18)8-19(31(14)2)22(33)27-10-16-9-26-13-28-21(16)32-6-5-23(24,25)12-32/h3-4,7-9,11,13H,5-6,10,12H2,1-2H3,(H,27,33)(H,29,30). The molecule has 13 heteroatoms. The molecule has 3 aromatic heterocycles. The third-order valence-electron chi connectivity index (χ3n) is 6.41. The summed E-state index contributed by atoms with van der Waals surface area (Å²) in [5, 5.41) is 10.1. The van der Waals surface area contributed by atoms with Gasteiger partial charge in [-0.1, -0.05) is 0 Å². The predicted octanol–water partition coefficient (Wildman–Crippen LogP) is 2.61. The Bertz CT molecular complexity index is 1580. The van der Waals surface area contributed by atoms with E-state index < -0.39 is 28.2 Å². The van der Waals surface area contributed by atoms with Crippen molar-refractivity contribution >= 4 is 32.5 Å². The Hall–Kier alpha value is -3.87. The SMILES string of the molecule is Cc1c(S(=O)(=O)c2ccc3[nH]ncc3c2)cc(C(=O)NCc2cncnc2N2CCC(F)(F)C2)n1C. The zero-order chi connectivity index (χ0) is 25.7.